The molecule has 1 fully saturated rings. The van der Waals surface area contributed by atoms with Crippen LogP contribution in [0.1, 0.15) is 31.2 Å². The smallest absolute Gasteiger partial charge is 0.220 e. The Bertz CT molecular complexity index is 715. The van der Waals surface area contributed by atoms with E-state index in [1.54, 1.807) is 18.2 Å². The average molecular weight is 364 g/mol. The third-order valence-electron chi connectivity index (χ3n) is 4.15. The maximum atomic E-state index is 12.2. The van der Waals surface area contributed by atoms with Gasteiger partial charge < -0.3 is 10.1 Å². The Morgan fingerprint density at radius 3 is 2.54 bits per heavy atom. The summed E-state index contributed by atoms with van der Waals surface area (Å²) in [6.07, 6.45) is 3.06. The molecule has 0 spiro atoms. The minimum atomic E-state index is -0.154. The fourth-order valence-corrected chi connectivity index (χ4v) is 3.17. The van der Waals surface area contributed by atoms with Gasteiger partial charge in [-0.25, -0.2) is 0 Å². The van der Waals surface area contributed by atoms with Gasteiger partial charge in [0.1, 0.15) is 5.75 Å². The van der Waals surface area contributed by atoms with Crippen LogP contribution in [-0.2, 0) is 10.3 Å². The number of hydrogen-bond acceptors (Lipinski definition) is 2. The second kappa shape index (κ2) is 7.45. The Morgan fingerprint density at radius 2 is 1.88 bits per heavy atom. The van der Waals surface area contributed by atoms with Crippen molar-refractivity contribution in [3.63, 3.8) is 0 Å². The zero-order chi connectivity index (χ0) is 17.0. The molecule has 0 bridgehead atoms. The van der Waals surface area contributed by atoms with Crippen LogP contribution in [0.4, 0.5) is 0 Å². The molecule has 3 rings (SSSR count). The molecule has 0 saturated heterocycles. The second-order valence-electron chi connectivity index (χ2n) is 6.02. The molecule has 0 radical (unpaired) electrons. The van der Waals surface area contributed by atoms with E-state index in [1.165, 1.54) is 5.56 Å². The van der Waals surface area contributed by atoms with E-state index < -0.39 is 0 Å². The summed E-state index contributed by atoms with van der Waals surface area (Å²) in [6, 6.07) is 15.2. The van der Waals surface area contributed by atoms with Crippen molar-refractivity contribution in [2.75, 3.05) is 6.61 Å². The van der Waals surface area contributed by atoms with Gasteiger partial charge >= 0.3 is 0 Å². The molecule has 2 aromatic carbocycles. The van der Waals surface area contributed by atoms with Crippen LogP contribution >= 0.6 is 23.2 Å². The van der Waals surface area contributed by atoms with Crippen LogP contribution in [0.15, 0.2) is 48.5 Å². The fourth-order valence-electron chi connectivity index (χ4n) is 2.70. The minimum absolute atomic E-state index is 0.0576. The quantitative estimate of drug-likeness (QED) is 0.706. The lowest BCUT2D eigenvalue weighted by molar-refractivity contribution is -0.122. The highest BCUT2D eigenvalue weighted by Crippen LogP contribution is 2.45. The lowest BCUT2D eigenvalue weighted by Crippen LogP contribution is -2.34. The monoisotopic (exact) mass is 363 g/mol. The zero-order valence-electron chi connectivity index (χ0n) is 13.2. The van der Waals surface area contributed by atoms with E-state index in [0.717, 1.165) is 12.8 Å². The normalized spacial score (nSPS) is 14.9. The van der Waals surface area contributed by atoms with Gasteiger partial charge in [-0.05, 0) is 43.0 Å². The Kier molecular flexibility index (Phi) is 5.32. The first kappa shape index (κ1) is 17.1. The highest BCUT2D eigenvalue weighted by atomic mass is 35.5. The number of halogens is 2. The van der Waals surface area contributed by atoms with Gasteiger partial charge in [0.25, 0.3) is 0 Å². The third kappa shape index (κ3) is 4.22. The van der Waals surface area contributed by atoms with Crippen LogP contribution in [0.5, 0.6) is 5.75 Å². The molecule has 0 heterocycles. The van der Waals surface area contributed by atoms with Crippen molar-refractivity contribution in [2.24, 2.45) is 0 Å². The van der Waals surface area contributed by atoms with Crippen molar-refractivity contribution in [1.82, 2.24) is 5.32 Å². The summed E-state index contributed by atoms with van der Waals surface area (Å²) < 4.78 is 5.60. The SMILES string of the molecule is O=C(CCCOc1ccc(Cl)cc1Cl)NC1(c2ccccc2)CC1. The molecule has 1 aliphatic carbocycles. The summed E-state index contributed by atoms with van der Waals surface area (Å²) in [6.45, 7) is 0.438. The van der Waals surface area contributed by atoms with Crippen LogP contribution in [0.3, 0.4) is 0 Å². The number of ether oxygens (including phenoxy) is 1. The Hall–Kier alpha value is -1.71. The summed E-state index contributed by atoms with van der Waals surface area (Å²) in [5.74, 6) is 0.645. The first-order valence-electron chi connectivity index (χ1n) is 8.03. The van der Waals surface area contributed by atoms with E-state index in [9.17, 15) is 4.79 Å². The first-order chi connectivity index (χ1) is 11.6. The number of carbonyl (C=O) groups is 1. The van der Waals surface area contributed by atoms with Gasteiger partial charge in [0.2, 0.25) is 5.91 Å². The number of carbonyl (C=O) groups excluding carboxylic acids is 1. The number of rotatable bonds is 7. The lowest BCUT2D eigenvalue weighted by Gasteiger charge is -2.18. The molecule has 1 N–H and O–H groups in total. The fraction of sp³-hybridized carbons (Fsp3) is 0.316. The van der Waals surface area contributed by atoms with Crippen LogP contribution < -0.4 is 10.1 Å². The van der Waals surface area contributed by atoms with Crippen LogP contribution in [0, 0.1) is 0 Å². The summed E-state index contributed by atoms with van der Waals surface area (Å²) >= 11 is 11.9. The van der Waals surface area contributed by atoms with Gasteiger partial charge in [0, 0.05) is 11.4 Å². The Labute approximate surface area is 151 Å². The number of nitrogens with one attached hydrogen (secondary N) is 1. The maximum Gasteiger partial charge on any atom is 0.220 e. The van der Waals surface area contributed by atoms with Crippen molar-refractivity contribution < 1.29 is 9.53 Å². The largest absolute Gasteiger partial charge is 0.492 e. The molecule has 2 aromatic rings. The Morgan fingerprint density at radius 1 is 1.12 bits per heavy atom. The molecule has 1 aliphatic rings. The van der Waals surface area contributed by atoms with E-state index >= 15 is 0 Å². The molecular formula is C19H19Cl2NO2. The summed E-state index contributed by atoms with van der Waals surface area (Å²) in [4.78, 5) is 12.2. The van der Waals surface area contributed by atoms with Gasteiger partial charge in [0.05, 0.1) is 17.2 Å². The molecule has 1 amide bonds. The summed E-state index contributed by atoms with van der Waals surface area (Å²) in [7, 11) is 0. The molecular weight excluding hydrogens is 345 g/mol. The summed E-state index contributed by atoms with van der Waals surface area (Å²) in [5.41, 5.74) is 1.03. The van der Waals surface area contributed by atoms with E-state index in [0.29, 0.717) is 35.2 Å². The third-order valence-corrected chi connectivity index (χ3v) is 4.69. The highest BCUT2D eigenvalue weighted by molar-refractivity contribution is 6.35. The standard InChI is InChI=1S/C19H19Cl2NO2/c20-15-8-9-17(16(21)13-15)24-12-4-7-18(23)22-19(10-11-19)14-5-2-1-3-6-14/h1-3,5-6,8-9,13H,4,7,10-12H2,(H,22,23). The van der Waals surface area contributed by atoms with Crippen molar-refractivity contribution in [3.8, 4) is 5.75 Å². The van der Waals surface area contributed by atoms with Crippen LogP contribution in [0.2, 0.25) is 10.0 Å². The van der Waals surface area contributed by atoms with Crippen LogP contribution in [0.25, 0.3) is 0 Å². The van der Waals surface area contributed by atoms with E-state index in [2.05, 4.69) is 17.4 Å². The van der Waals surface area contributed by atoms with Crippen molar-refractivity contribution in [1.29, 1.82) is 0 Å². The van der Waals surface area contributed by atoms with Crippen molar-refractivity contribution >= 4 is 29.1 Å². The van der Waals surface area contributed by atoms with Crippen LogP contribution in [-0.4, -0.2) is 12.5 Å². The van der Waals surface area contributed by atoms with E-state index in [-0.39, 0.29) is 11.4 Å². The first-order valence-corrected chi connectivity index (χ1v) is 8.79. The predicted octanol–water partition coefficient (Wildman–Crippen LogP) is 4.96. The number of hydrogen-bond donors (Lipinski definition) is 1. The molecule has 1 saturated carbocycles. The second-order valence-corrected chi connectivity index (χ2v) is 6.87. The molecule has 0 unspecified atom stereocenters. The van der Waals surface area contributed by atoms with Crippen molar-refractivity contribution in [2.45, 2.75) is 31.2 Å². The van der Waals surface area contributed by atoms with Crippen molar-refractivity contribution in [3.05, 3.63) is 64.1 Å². The zero-order valence-corrected chi connectivity index (χ0v) is 14.7. The van der Waals surface area contributed by atoms with E-state index in [4.69, 9.17) is 27.9 Å². The molecule has 24 heavy (non-hydrogen) atoms. The average Bonchev–Trinajstić information content (AvgIpc) is 3.35. The van der Waals surface area contributed by atoms with Gasteiger partial charge in [-0.15, -0.1) is 0 Å². The molecule has 0 aliphatic heterocycles. The number of benzene rings is 2. The Balaban J connectivity index is 1.43. The van der Waals surface area contributed by atoms with Gasteiger partial charge in [-0.1, -0.05) is 53.5 Å². The predicted molar refractivity (Wildman–Crippen MR) is 96.7 cm³/mol. The minimum Gasteiger partial charge on any atom is -0.492 e. The topological polar surface area (TPSA) is 38.3 Å². The van der Waals surface area contributed by atoms with E-state index in [1.807, 2.05) is 18.2 Å². The van der Waals surface area contributed by atoms with Gasteiger partial charge in [0.15, 0.2) is 0 Å². The maximum absolute atomic E-state index is 12.2. The highest BCUT2D eigenvalue weighted by Gasteiger charge is 2.45. The molecule has 0 atom stereocenters. The summed E-state index contributed by atoms with van der Waals surface area (Å²) in [5, 5.41) is 4.21. The van der Waals surface area contributed by atoms with Gasteiger partial charge in [-0.3, -0.25) is 4.79 Å². The molecule has 0 aromatic heterocycles. The lowest BCUT2D eigenvalue weighted by atomic mass is 10.0. The molecule has 5 heteroatoms. The molecule has 126 valence electrons. The molecule has 3 nitrogen and oxygen atoms in total. The van der Waals surface area contributed by atoms with Gasteiger partial charge in [-0.2, -0.15) is 0 Å². The number of amides is 1.